The number of aromatic nitrogens is 2. The van der Waals surface area contributed by atoms with Crippen LogP contribution in [0.2, 0.25) is 0 Å². The first kappa shape index (κ1) is 17.3. The van der Waals surface area contributed by atoms with Crippen LogP contribution in [0.1, 0.15) is 58.2 Å². The van der Waals surface area contributed by atoms with E-state index in [1.807, 2.05) is 0 Å². The van der Waals surface area contributed by atoms with E-state index in [4.69, 9.17) is 9.97 Å². The number of fused-ring (bicyclic) bond motifs is 3. The molecule has 1 saturated carbocycles. The Bertz CT molecular complexity index is 1040. The van der Waals surface area contributed by atoms with Crippen molar-refractivity contribution in [1.29, 1.82) is 0 Å². The van der Waals surface area contributed by atoms with Gasteiger partial charge in [-0.3, -0.25) is 4.79 Å². The third-order valence-corrected chi connectivity index (χ3v) is 7.42. The lowest BCUT2D eigenvalue weighted by Gasteiger charge is -2.12. The SMILES string of the molecule is O=C(CSc1nc(C2CC2)nc2sc3c(c12)CCCC3)c1ccccc1F. The maximum Gasteiger partial charge on any atom is 0.176 e. The van der Waals surface area contributed by atoms with Crippen LogP contribution in [0.25, 0.3) is 10.2 Å². The average molecular weight is 399 g/mol. The molecular formula is C21H19FN2OS2. The molecule has 1 fully saturated rings. The molecular weight excluding hydrogens is 379 g/mol. The van der Waals surface area contributed by atoms with Crippen LogP contribution >= 0.6 is 23.1 Å². The molecule has 2 aliphatic rings. The van der Waals surface area contributed by atoms with Gasteiger partial charge in [0.05, 0.1) is 11.3 Å². The second kappa shape index (κ2) is 6.99. The van der Waals surface area contributed by atoms with Crippen LogP contribution in [0.3, 0.4) is 0 Å². The Morgan fingerprint density at radius 1 is 1.19 bits per heavy atom. The zero-order valence-electron chi connectivity index (χ0n) is 14.8. The molecule has 0 unspecified atom stereocenters. The third-order valence-electron chi connectivity index (χ3n) is 5.26. The Morgan fingerprint density at radius 2 is 2.00 bits per heavy atom. The van der Waals surface area contributed by atoms with Crippen molar-refractivity contribution in [2.45, 2.75) is 49.5 Å². The van der Waals surface area contributed by atoms with E-state index in [-0.39, 0.29) is 17.1 Å². The van der Waals surface area contributed by atoms with Gasteiger partial charge < -0.3 is 0 Å². The van der Waals surface area contributed by atoms with Crippen LogP contribution in [0.15, 0.2) is 29.3 Å². The van der Waals surface area contributed by atoms with E-state index in [1.165, 1.54) is 41.1 Å². The summed E-state index contributed by atoms with van der Waals surface area (Å²) in [4.78, 5) is 24.7. The second-order valence-corrected chi connectivity index (χ2v) is 9.29. The highest BCUT2D eigenvalue weighted by molar-refractivity contribution is 8.00. The first-order chi connectivity index (χ1) is 13.2. The number of hydrogen-bond donors (Lipinski definition) is 0. The number of nitrogens with zero attached hydrogens (tertiary/aromatic N) is 2. The van der Waals surface area contributed by atoms with Crippen molar-refractivity contribution in [2.24, 2.45) is 0 Å². The fourth-order valence-corrected chi connectivity index (χ4v) is 5.95. The molecule has 0 radical (unpaired) electrons. The summed E-state index contributed by atoms with van der Waals surface area (Å²) in [5.74, 6) is 0.934. The average Bonchev–Trinajstić information content (AvgIpc) is 3.46. The number of carbonyl (C=O) groups is 1. The summed E-state index contributed by atoms with van der Waals surface area (Å²) in [5.41, 5.74) is 1.54. The monoisotopic (exact) mass is 398 g/mol. The largest absolute Gasteiger partial charge is 0.293 e. The molecule has 0 N–H and O–H groups in total. The molecule has 2 aromatic heterocycles. The molecule has 6 heteroatoms. The number of hydrogen-bond acceptors (Lipinski definition) is 5. The van der Waals surface area contributed by atoms with E-state index in [0.717, 1.165) is 46.8 Å². The third kappa shape index (κ3) is 3.29. The molecule has 1 aromatic carbocycles. The van der Waals surface area contributed by atoms with Crippen LogP contribution in [0.4, 0.5) is 4.39 Å². The van der Waals surface area contributed by atoms with Gasteiger partial charge in [-0.1, -0.05) is 23.9 Å². The zero-order valence-corrected chi connectivity index (χ0v) is 16.5. The highest BCUT2D eigenvalue weighted by atomic mass is 32.2. The van der Waals surface area contributed by atoms with Gasteiger partial charge in [-0.25, -0.2) is 14.4 Å². The molecule has 27 heavy (non-hydrogen) atoms. The number of thioether (sulfide) groups is 1. The first-order valence-corrected chi connectivity index (χ1v) is 11.2. The first-order valence-electron chi connectivity index (χ1n) is 9.43. The summed E-state index contributed by atoms with van der Waals surface area (Å²) >= 11 is 3.23. The van der Waals surface area contributed by atoms with Crippen molar-refractivity contribution in [3.05, 3.63) is 51.9 Å². The maximum atomic E-state index is 13.9. The Labute approximate surface area is 165 Å². The molecule has 2 aliphatic carbocycles. The summed E-state index contributed by atoms with van der Waals surface area (Å²) in [5, 5.41) is 2.05. The van der Waals surface area contributed by atoms with Gasteiger partial charge in [0, 0.05) is 16.2 Å². The molecule has 3 nitrogen and oxygen atoms in total. The van der Waals surface area contributed by atoms with Gasteiger partial charge in [0.2, 0.25) is 0 Å². The highest BCUT2D eigenvalue weighted by Gasteiger charge is 2.29. The molecule has 3 aromatic rings. The van der Waals surface area contributed by atoms with Crippen molar-refractivity contribution in [3.8, 4) is 0 Å². The fourth-order valence-electron chi connectivity index (χ4n) is 3.67. The molecule has 0 bridgehead atoms. The predicted molar refractivity (Wildman–Crippen MR) is 107 cm³/mol. The molecule has 2 heterocycles. The maximum absolute atomic E-state index is 13.9. The summed E-state index contributed by atoms with van der Waals surface area (Å²) < 4.78 is 13.9. The Hall–Kier alpha value is -1.79. The van der Waals surface area contributed by atoms with E-state index in [1.54, 1.807) is 29.5 Å². The van der Waals surface area contributed by atoms with Crippen molar-refractivity contribution in [1.82, 2.24) is 9.97 Å². The number of thiophene rings is 1. The molecule has 0 spiro atoms. The Balaban J connectivity index is 1.50. The van der Waals surface area contributed by atoms with Crippen molar-refractivity contribution < 1.29 is 9.18 Å². The lowest BCUT2D eigenvalue weighted by atomic mass is 9.97. The van der Waals surface area contributed by atoms with Crippen molar-refractivity contribution in [2.75, 3.05) is 5.75 Å². The predicted octanol–water partition coefficient (Wildman–Crippen LogP) is 5.56. The molecule has 0 aliphatic heterocycles. The summed E-state index contributed by atoms with van der Waals surface area (Å²) in [6.45, 7) is 0. The topological polar surface area (TPSA) is 42.9 Å². The van der Waals surface area contributed by atoms with Gasteiger partial charge in [0.1, 0.15) is 21.5 Å². The van der Waals surface area contributed by atoms with Gasteiger partial charge in [-0.2, -0.15) is 0 Å². The Morgan fingerprint density at radius 3 is 2.81 bits per heavy atom. The molecule has 138 valence electrons. The van der Waals surface area contributed by atoms with E-state index < -0.39 is 5.82 Å². The summed E-state index contributed by atoms with van der Waals surface area (Å²) in [7, 11) is 0. The van der Waals surface area contributed by atoms with Crippen molar-refractivity contribution >= 4 is 39.1 Å². The lowest BCUT2D eigenvalue weighted by molar-refractivity contribution is 0.101. The quantitative estimate of drug-likeness (QED) is 0.320. The molecule has 0 saturated heterocycles. The zero-order chi connectivity index (χ0) is 18.4. The van der Waals surface area contributed by atoms with Gasteiger partial charge in [0.25, 0.3) is 0 Å². The van der Waals surface area contributed by atoms with Crippen LogP contribution in [0.5, 0.6) is 0 Å². The minimum Gasteiger partial charge on any atom is -0.293 e. The fraction of sp³-hybridized carbons (Fsp3) is 0.381. The number of rotatable bonds is 5. The van der Waals surface area contributed by atoms with E-state index in [2.05, 4.69) is 0 Å². The minimum atomic E-state index is -0.456. The smallest absolute Gasteiger partial charge is 0.176 e. The van der Waals surface area contributed by atoms with Gasteiger partial charge in [0.15, 0.2) is 5.78 Å². The van der Waals surface area contributed by atoms with Crippen LogP contribution in [-0.2, 0) is 12.8 Å². The van der Waals surface area contributed by atoms with E-state index >= 15 is 0 Å². The minimum absolute atomic E-state index is 0.157. The Kier molecular flexibility index (Phi) is 4.48. The molecule has 0 amide bonds. The van der Waals surface area contributed by atoms with Crippen LogP contribution < -0.4 is 0 Å². The van der Waals surface area contributed by atoms with Gasteiger partial charge in [-0.05, 0) is 56.2 Å². The number of ketones is 1. The van der Waals surface area contributed by atoms with Crippen LogP contribution in [0, 0.1) is 5.82 Å². The van der Waals surface area contributed by atoms with Crippen LogP contribution in [-0.4, -0.2) is 21.5 Å². The van der Waals surface area contributed by atoms with Gasteiger partial charge >= 0.3 is 0 Å². The number of Topliss-reactive ketones (excluding diaryl/α,β-unsaturated/α-hetero) is 1. The second-order valence-electron chi connectivity index (χ2n) is 7.24. The number of carbonyl (C=O) groups excluding carboxylic acids is 1. The number of aryl methyl sites for hydroxylation is 2. The standard InChI is InChI=1S/C21H19FN2OS2/c22-15-7-3-1-5-13(15)16(25)11-26-20-18-14-6-2-4-8-17(14)27-21(18)24-19(23-20)12-9-10-12/h1,3,5,7,12H,2,4,6,8-11H2. The van der Waals surface area contributed by atoms with E-state index in [0.29, 0.717) is 5.92 Å². The normalized spacial score (nSPS) is 16.5. The summed E-state index contributed by atoms with van der Waals surface area (Å²) in [6.07, 6.45) is 6.91. The van der Waals surface area contributed by atoms with Crippen molar-refractivity contribution in [3.63, 3.8) is 0 Å². The molecule has 0 atom stereocenters. The number of benzene rings is 1. The summed E-state index contributed by atoms with van der Waals surface area (Å²) in [6, 6.07) is 6.19. The highest BCUT2D eigenvalue weighted by Crippen LogP contribution is 2.44. The lowest BCUT2D eigenvalue weighted by Crippen LogP contribution is -2.06. The number of halogens is 1. The van der Waals surface area contributed by atoms with E-state index in [9.17, 15) is 9.18 Å². The van der Waals surface area contributed by atoms with Gasteiger partial charge in [-0.15, -0.1) is 11.3 Å². The molecule has 5 rings (SSSR count).